The second-order valence-corrected chi connectivity index (χ2v) is 5.61. The Morgan fingerprint density at radius 1 is 1.23 bits per heavy atom. The van der Waals surface area contributed by atoms with Crippen LogP contribution in [0.15, 0.2) is 18.2 Å². The van der Waals surface area contributed by atoms with E-state index in [1.807, 2.05) is 19.1 Å². The summed E-state index contributed by atoms with van der Waals surface area (Å²) in [5.41, 5.74) is 1.50. The van der Waals surface area contributed by atoms with Crippen LogP contribution in [0.2, 0.25) is 0 Å². The molecule has 1 heterocycles. The van der Waals surface area contributed by atoms with Gasteiger partial charge in [-0.25, -0.2) is 0 Å². The van der Waals surface area contributed by atoms with Gasteiger partial charge in [-0.1, -0.05) is 6.07 Å². The Bertz CT molecular complexity index is 566. The maximum Gasteiger partial charge on any atom is 0.256 e. The van der Waals surface area contributed by atoms with Gasteiger partial charge in [-0.3, -0.25) is 9.59 Å². The Morgan fingerprint density at radius 2 is 1.91 bits per heavy atom. The SMILES string of the molecule is COC1(C(=O)Nc2ccc(C)c(NC(C)=O)c2)CCNCC1. The van der Waals surface area contributed by atoms with Gasteiger partial charge in [0.1, 0.15) is 5.60 Å². The van der Waals surface area contributed by atoms with E-state index in [1.165, 1.54) is 6.92 Å². The molecule has 0 aromatic heterocycles. The molecule has 0 bridgehead atoms. The molecular formula is C16H23N3O3. The molecule has 2 rings (SSSR count). The average Bonchev–Trinajstić information content (AvgIpc) is 2.50. The lowest BCUT2D eigenvalue weighted by molar-refractivity contribution is -0.140. The average molecular weight is 305 g/mol. The Kier molecular flexibility index (Phi) is 5.15. The zero-order chi connectivity index (χ0) is 16.2. The molecule has 0 atom stereocenters. The van der Waals surface area contributed by atoms with Gasteiger partial charge in [-0.2, -0.15) is 0 Å². The summed E-state index contributed by atoms with van der Waals surface area (Å²) >= 11 is 0. The number of hydrogen-bond acceptors (Lipinski definition) is 4. The van der Waals surface area contributed by atoms with Crippen molar-refractivity contribution in [3.05, 3.63) is 23.8 Å². The van der Waals surface area contributed by atoms with Gasteiger partial charge in [0.2, 0.25) is 5.91 Å². The van der Waals surface area contributed by atoms with Crippen LogP contribution in [0.5, 0.6) is 0 Å². The smallest absolute Gasteiger partial charge is 0.256 e. The minimum absolute atomic E-state index is 0.140. The first-order valence-corrected chi connectivity index (χ1v) is 7.42. The molecule has 6 nitrogen and oxygen atoms in total. The number of methoxy groups -OCH3 is 1. The number of nitrogens with one attached hydrogen (secondary N) is 3. The van der Waals surface area contributed by atoms with Gasteiger partial charge in [-0.15, -0.1) is 0 Å². The number of rotatable bonds is 4. The molecule has 1 fully saturated rings. The van der Waals surface area contributed by atoms with Crippen LogP contribution in [-0.2, 0) is 14.3 Å². The second-order valence-electron chi connectivity index (χ2n) is 5.61. The predicted octanol–water partition coefficient (Wildman–Crippen LogP) is 1.66. The summed E-state index contributed by atoms with van der Waals surface area (Å²) in [5.74, 6) is -0.285. The monoisotopic (exact) mass is 305 g/mol. The lowest BCUT2D eigenvalue weighted by Crippen LogP contribution is -2.51. The van der Waals surface area contributed by atoms with Gasteiger partial charge in [0.05, 0.1) is 0 Å². The molecule has 1 saturated heterocycles. The Morgan fingerprint density at radius 3 is 2.50 bits per heavy atom. The topological polar surface area (TPSA) is 79.5 Å². The van der Waals surface area contributed by atoms with Crippen molar-refractivity contribution >= 4 is 23.2 Å². The molecule has 0 aliphatic carbocycles. The van der Waals surface area contributed by atoms with Crippen molar-refractivity contribution in [2.75, 3.05) is 30.8 Å². The fraction of sp³-hybridized carbons (Fsp3) is 0.500. The largest absolute Gasteiger partial charge is 0.368 e. The molecule has 0 spiro atoms. The normalized spacial score (nSPS) is 16.9. The number of carbonyl (C=O) groups is 2. The summed E-state index contributed by atoms with van der Waals surface area (Å²) in [4.78, 5) is 23.8. The van der Waals surface area contributed by atoms with Crippen LogP contribution in [0.3, 0.4) is 0 Å². The van der Waals surface area contributed by atoms with Crippen molar-refractivity contribution in [2.24, 2.45) is 0 Å². The molecular weight excluding hydrogens is 282 g/mol. The zero-order valence-corrected chi connectivity index (χ0v) is 13.3. The zero-order valence-electron chi connectivity index (χ0n) is 13.3. The first-order chi connectivity index (χ1) is 10.5. The van der Waals surface area contributed by atoms with E-state index in [1.54, 1.807) is 13.2 Å². The molecule has 1 aromatic rings. The standard InChI is InChI=1S/C16H23N3O3/c1-11-4-5-13(10-14(11)18-12(2)20)19-15(21)16(22-3)6-8-17-9-7-16/h4-5,10,17H,6-9H2,1-3H3,(H,18,20)(H,19,21). The van der Waals surface area contributed by atoms with Crippen LogP contribution in [0.1, 0.15) is 25.3 Å². The third-order valence-electron chi connectivity index (χ3n) is 4.02. The van der Waals surface area contributed by atoms with E-state index < -0.39 is 5.60 Å². The van der Waals surface area contributed by atoms with E-state index in [-0.39, 0.29) is 11.8 Å². The molecule has 0 radical (unpaired) electrons. The molecule has 22 heavy (non-hydrogen) atoms. The van der Waals surface area contributed by atoms with Crippen LogP contribution >= 0.6 is 0 Å². The van der Waals surface area contributed by atoms with Crippen LogP contribution in [-0.4, -0.2) is 37.6 Å². The number of benzene rings is 1. The van der Waals surface area contributed by atoms with Crippen molar-refractivity contribution in [3.63, 3.8) is 0 Å². The van der Waals surface area contributed by atoms with E-state index in [0.717, 1.165) is 18.7 Å². The van der Waals surface area contributed by atoms with E-state index in [4.69, 9.17) is 4.74 Å². The summed E-state index contributed by atoms with van der Waals surface area (Å²) in [7, 11) is 1.57. The molecule has 120 valence electrons. The van der Waals surface area contributed by atoms with E-state index in [9.17, 15) is 9.59 Å². The Labute approximate surface area is 130 Å². The minimum atomic E-state index is -0.787. The highest BCUT2D eigenvalue weighted by atomic mass is 16.5. The van der Waals surface area contributed by atoms with Gasteiger partial charge in [0.25, 0.3) is 5.91 Å². The lowest BCUT2D eigenvalue weighted by atomic mass is 9.91. The molecule has 1 aromatic carbocycles. The van der Waals surface area contributed by atoms with Gasteiger partial charge in [-0.05, 0) is 50.6 Å². The van der Waals surface area contributed by atoms with E-state index in [0.29, 0.717) is 24.2 Å². The van der Waals surface area contributed by atoms with Crippen molar-refractivity contribution in [3.8, 4) is 0 Å². The summed E-state index contributed by atoms with van der Waals surface area (Å²) in [6.07, 6.45) is 1.28. The first kappa shape index (κ1) is 16.5. The number of aryl methyl sites for hydroxylation is 1. The molecule has 0 unspecified atom stereocenters. The van der Waals surface area contributed by atoms with Gasteiger partial charge >= 0.3 is 0 Å². The first-order valence-electron chi connectivity index (χ1n) is 7.42. The fourth-order valence-corrected chi connectivity index (χ4v) is 2.62. The molecule has 0 saturated carbocycles. The summed E-state index contributed by atoms with van der Waals surface area (Å²) < 4.78 is 5.51. The Balaban J connectivity index is 2.15. The number of piperidine rings is 1. The van der Waals surface area contributed by atoms with E-state index in [2.05, 4.69) is 16.0 Å². The highest BCUT2D eigenvalue weighted by molar-refractivity contribution is 5.98. The summed E-state index contributed by atoms with van der Waals surface area (Å²) in [6.45, 7) is 4.87. The number of carbonyl (C=O) groups excluding carboxylic acids is 2. The molecule has 1 aliphatic rings. The van der Waals surface area contributed by atoms with Crippen molar-refractivity contribution in [1.29, 1.82) is 0 Å². The maximum absolute atomic E-state index is 12.6. The molecule has 6 heteroatoms. The van der Waals surface area contributed by atoms with Gasteiger partial charge < -0.3 is 20.7 Å². The Hall–Kier alpha value is -1.92. The molecule has 2 amide bonds. The van der Waals surface area contributed by atoms with Crippen molar-refractivity contribution in [1.82, 2.24) is 5.32 Å². The second kappa shape index (κ2) is 6.89. The number of ether oxygens (including phenoxy) is 1. The highest BCUT2D eigenvalue weighted by Gasteiger charge is 2.39. The fourth-order valence-electron chi connectivity index (χ4n) is 2.62. The maximum atomic E-state index is 12.6. The number of hydrogen-bond donors (Lipinski definition) is 3. The summed E-state index contributed by atoms with van der Waals surface area (Å²) in [5, 5.41) is 8.88. The third kappa shape index (κ3) is 3.64. The number of amides is 2. The van der Waals surface area contributed by atoms with Gasteiger partial charge in [0, 0.05) is 25.4 Å². The number of anilines is 2. The van der Waals surface area contributed by atoms with E-state index >= 15 is 0 Å². The van der Waals surface area contributed by atoms with Crippen LogP contribution < -0.4 is 16.0 Å². The van der Waals surface area contributed by atoms with Gasteiger partial charge in [0.15, 0.2) is 0 Å². The van der Waals surface area contributed by atoms with Crippen molar-refractivity contribution in [2.45, 2.75) is 32.3 Å². The summed E-state index contributed by atoms with van der Waals surface area (Å²) in [6, 6.07) is 5.45. The van der Waals surface area contributed by atoms with Crippen molar-refractivity contribution < 1.29 is 14.3 Å². The minimum Gasteiger partial charge on any atom is -0.368 e. The van der Waals surface area contributed by atoms with Crippen LogP contribution in [0.25, 0.3) is 0 Å². The molecule has 3 N–H and O–H groups in total. The third-order valence-corrected chi connectivity index (χ3v) is 4.02. The van der Waals surface area contributed by atoms with Crippen LogP contribution in [0, 0.1) is 6.92 Å². The lowest BCUT2D eigenvalue weighted by Gasteiger charge is -2.34. The highest BCUT2D eigenvalue weighted by Crippen LogP contribution is 2.26. The quantitative estimate of drug-likeness (QED) is 0.790. The molecule has 1 aliphatic heterocycles. The van der Waals surface area contributed by atoms with Crippen LogP contribution in [0.4, 0.5) is 11.4 Å². The predicted molar refractivity (Wildman–Crippen MR) is 86.0 cm³/mol.